The summed E-state index contributed by atoms with van der Waals surface area (Å²) < 4.78 is 0. The molecule has 20 heavy (non-hydrogen) atoms. The van der Waals surface area contributed by atoms with Crippen molar-refractivity contribution in [1.29, 1.82) is 0 Å². The van der Waals surface area contributed by atoms with Gasteiger partial charge in [0.25, 0.3) is 0 Å². The van der Waals surface area contributed by atoms with Gasteiger partial charge in [0.15, 0.2) is 0 Å². The third-order valence-corrected chi connectivity index (χ3v) is 4.69. The number of benzene rings is 1. The number of piperidine rings is 1. The Labute approximate surface area is 122 Å². The molecule has 1 atom stereocenters. The van der Waals surface area contributed by atoms with E-state index in [2.05, 4.69) is 16.3 Å². The van der Waals surface area contributed by atoms with Gasteiger partial charge in [-0.2, -0.15) is 0 Å². The first-order chi connectivity index (χ1) is 9.83. The minimum absolute atomic E-state index is 0.398. The van der Waals surface area contributed by atoms with E-state index in [4.69, 9.17) is 0 Å². The molecule has 0 bridgehead atoms. The molecule has 1 fully saturated rings. The molecule has 1 unspecified atom stereocenters. The molecule has 1 saturated heterocycles. The lowest BCUT2D eigenvalue weighted by Crippen LogP contribution is -2.32. The van der Waals surface area contributed by atoms with Crippen LogP contribution in [0, 0.1) is 0 Å². The number of fused-ring (bicyclic) bond motifs is 1. The van der Waals surface area contributed by atoms with Crippen LogP contribution in [0.4, 0.5) is 0 Å². The molecule has 0 saturated carbocycles. The average molecular weight is 274 g/mol. The molecule has 1 heterocycles. The van der Waals surface area contributed by atoms with Gasteiger partial charge in [-0.15, -0.1) is 0 Å². The molecular weight excluding hydrogens is 248 g/mol. The summed E-state index contributed by atoms with van der Waals surface area (Å²) >= 11 is 0. The van der Waals surface area contributed by atoms with Crippen molar-refractivity contribution >= 4 is 0 Å². The van der Waals surface area contributed by atoms with Crippen molar-refractivity contribution in [2.75, 3.05) is 26.2 Å². The van der Waals surface area contributed by atoms with Crippen LogP contribution in [-0.2, 0) is 6.42 Å². The van der Waals surface area contributed by atoms with Gasteiger partial charge in [-0.05, 0) is 81.5 Å². The van der Waals surface area contributed by atoms with Gasteiger partial charge in [-0.25, -0.2) is 0 Å². The van der Waals surface area contributed by atoms with Crippen molar-refractivity contribution in [1.82, 2.24) is 10.2 Å². The summed E-state index contributed by atoms with van der Waals surface area (Å²) in [5.41, 5.74) is 2.71. The molecule has 2 N–H and O–H groups in total. The number of hydrogen-bond acceptors (Lipinski definition) is 3. The van der Waals surface area contributed by atoms with Crippen molar-refractivity contribution in [2.24, 2.45) is 0 Å². The number of phenols is 1. The Morgan fingerprint density at radius 2 is 2.05 bits per heavy atom. The SMILES string of the molecule is Oc1ccc2c(c1)CCC2NCCCN1CCCCC1. The fraction of sp³-hybridized carbons (Fsp3) is 0.647. The number of nitrogens with zero attached hydrogens (tertiary/aromatic N) is 1. The normalized spacial score (nSPS) is 22.9. The zero-order valence-corrected chi connectivity index (χ0v) is 12.3. The van der Waals surface area contributed by atoms with E-state index < -0.39 is 0 Å². The molecule has 1 aliphatic heterocycles. The second kappa shape index (κ2) is 6.59. The van der Waals surface area contributed by atoms with Crippen LogP contribution >= 0.6 is 0 Å². The highest BCUT2D eigenvalue weighted by molar-refractivity contribution is 5.39. The lowest BCUT2D eigenvalue weighted by molar-refractivity contribution is 0.225. The van der Waals surface area contributed by atoms with Crippen LogP contribution in [0.1, 0.15) is 49.3 Å². The van der Waals surface area contributed by atoms with E-state index in [0.29, 0.717) is 11.8 Å². The third-order valence-electron chi connectivity index (χ3n) is 4.69. The number of phenolic OH excluding ortho intramolecular Hbond substituents is 1. The fourth-order valence-electron chi connectivity index (χ4n) is 3.58. The van der Waals surface area contributed by atoms with E-state index in [-0.39, 0.29) is 0 Å². The van der Waals surface area contributed by atoms with Gasteiger partial charge in [0.05, 0.1) is 0 Å². The molecule has 1 aromatic carbocycles. The fourth-order valence-corrected chi connectivity index (χ4v) is 3.58. The smallest absolute Gasteiger partial charge is 0.115 e. The zero-order chi connectivity index (χ0) is 13.8. The first kappa shape index (κ1) is 13.9. The second-order valence-corrected chi connectivity index (χ2v) is 6.18. The van der Waals surface area contributed by atoms with Gasteiger partial charge >= 0.3 is 0 Å². The molecule has 3 rings (SSSR count). The number of hydrogen-bond donors (Lipinski definition) is 2. The Bertz CT molecular complexity index is 441. The molecule has 1 aromatic rings. The quantitative estimate of drug-likeness (QED) is 0.811. The molecule has 3 nitrogen and oxygen atoms in total. The van der Waals surface area contributed by atoms with Crippen LogP contribution < -0.4 is 5.32 Å². The summed E-state index contributed by atoms with van der Waals surface area (Å²) in [7, 11) is 0. The lowest BCUT2D eigenvalue weighted by Gasteiger charge is -2.26. The highest BCUT2D eigenvalue weighted by Crippen LogP contribution is 2.33. The van der Waals surface area contributed by atoms with Gasteiger partial charge < -0.3 is 15.3 Å². The summed E-state index contributed by atoms with van der Waals surface area (Å²) in [6.07, 6.45) is 7.68. The molecule has 0 aromatic heterocycles. The summed E-state index contributed by atoms with van der Waals surface area (Å²) in [5.74, 6) is 0.398. The first-order valence-electron chi connectivity index (χ1n) is 8.10. The van der Waals surface area contributed by atoms with Gasteiger partial charge in [-0.3, -0.25) is 0 Å². The van der Waals surface area contributed by atoms with Gasteiger partial charge in [0, 0.05) is 6.04 Å². The molecule has 2 aliphatic rings. The monoisotopic (exact) mass is 274 g/mol. The van der Waals surface area contributed by atoms with E-state index in [9.17, 15) is 5.11 Å². The average Bonchev–Trinajstić information content (AvgIpc) is 2.87. The molecule has 0 spiro atoms. The summed E-state index contributed by atoms with van der Waals surface area (Å²) in [5, 5.41) is 13.2. The Morgan fingerprint density at radius 1 is 1.20 bits per heavy atom. The lowest BCUT2D eigenvalue weighted by atomic mass is 10.1. The molecule has 3 heteroatoms. The van der Waals surface area contributed by atoms with Gasteiger partial charge in [0.2, 0.25) is 0 Å². The Balaban J connectivity index is 1.41. The summed E-state index contributed by atoms with van der Waals surface area (Å²) in [4.78, 5) is 2.60. The zero-order valence-electron chi connectivity index (χ0n) is 12.3. The van der Waals surface area contributed by atoms with Crippen molar-refractivity contribution < 1.29 is 5.11 Å². The molecule has 1 aliphatic carbocycles. The highest BCUT2D eigenvalue weighted by Gasteiger charge is 2.21. The Hall–Kier alpha value is -1.06. The van der Waals surface area contributed by atoms with Crippen LogP contribution in [0.3, 0.4) is 0 Å². The van der Waals surface area contributed by atoms with Crippen LogP contribution in [0.25, 0.3) is 0 Å². The molecule has 0 amide bonds. The van der Waals surface area contributed by atoms with E-state index in [0.717, 1.165) is 13.0 Å². The van der Waals surface area contributed by atoms with Crippen molar-refractivity contribution in [3.8, 4) is 5.75 Å². The molecular formula is C17H26N2O. The van der Waals surface area contributed by atoms with E-state index in [1.54, 1.807) is 0 Å². The maximum atomic E-state index is 9.52. The van der Waals surface area contributed by atoms with E-state index in [1.165, 1.54) is 62.9 Å². The maximum Gasteiger partial charge on any atom is 0.115 e. The topological polar surface area (TPSA) is 35.5 Å². The second-order valence-electron chi connectivity index (χ2n) is 6.18. The first-order valence-corrected chi connectivity index (χ1v) is 8.10. The number of aryl methyl sites for hydroxylation is 1. The maximum absolute atomic E-state index is 9.52. The van der Waals surface area contributed by atoms with Crippen LogP contribution in [0.5, 0.6) is 5.75 Å². The molecule has 0 radical (unpaired) electrons. The number of aromatic hydroxyl groups is 1. The minimum atomic E-state index is 0.398. The van der Waals surface area contributed by atoms with Crippen LogP contribution in [-0.4, -0.2) is 36.2 Å². The largest absolute Gasteiger partial charge is 0.508 e. The van der Waals surface area contributed by atoms with Crippen molar-refractivity contribution in [3.05, 3.63) is 29.3 Å². The minimum Gasteiger partial charge on any atom is -0.508 e. The highest BCUT2D eigenvalue weighted by atomic mass is 16.3. The van der Waals surface area contributed by atoms with E-state index in [1.807, 2.05) is 12.1 Å². The van der Waals surface area contributed by atoms with Crippen molar-refractivity contribution in [3.63, 3.8) is 0 Å². The summed E-state index contributed by atoms with van der Waals surface area (Å²) in [6, 6.07) is 6.31. The third kappa shape index (κ3) is 3.33. The van der Waals surface area contributed by atoms with E-state index >= 15 is 0 Å². The number of likely N-dealkylation sites (tertiary alicyclic amines) is 1. The number of rotatable bonds is 5. The Kier molecular flexibility index (Phi) is 4.58. The predicted molar refractivity (Wildman–Crippen MR) is 82.1 cm³/mol. The molecule has 110 valence electrons. The van der Waals surface area contributed by atoms with Crippen LogP contribution in [0.15, 0.2) is 18.2 Å². The Morgan fingerprint density at radius 3 is 2.90 bits per heavy atom. The van der Waals surface area contributed by atoms with Crippen LogP contribution in [0.2, 0.25) is 0 Å². The van der Waals surface area contributed by atoms with Gasteiger partial charge in [0.1, 0.15) is 5.75 Å². The van der Waals surface area contributed by atoms with Gasteiger partial charge in [-0.1, -0.05) is 12.5 Å². The number of nitrogens with one attached hydrogen (secondary N) is 1. The predicted octanol–water partition coefficient (Wildman–Crippen LogP) is 2.85. The standard InChI is InChI=1S/C17H26N2O/c20-15-6-7-16-14(13-15)5-8-17(16)18-9-4-12-19-10-2-1-3-11-19/h6-7,13,17-18,20H,1-5,8-12H2. The van der Waals surface area contributed by atoms with Crippen molar-refractivity contribution in [2.45, 2.75) is 44.6 Å². The summed E-state index contributed by atoms with van der Waals surface area (Å²) in [6.45, 7) is 4.93.